The van der Waals surface area contributed by atoms with Crippen molar-refractivity contribution >= 4 is 23.2 Å². The van der Waals surface area contributed by atoms with Crippen molar-refractivity contribution in [2.75, 3.05) is 36.4 Å². The summed E-state index contributed by atoms with van der Waals surface area (Å²) in [5, 5.41) is 3.07. The molecule has 178 valence electrons. The van der Waals surface area contributed by atoms with Crippen molar-refractivity contribution in [1.29, 1.82) is 0 Å². The number of anilines is 2. The van der Waals surface area contributed by atoms with Gasteiger partial charge in [0.15, 0.2) is 0 Å². The third-order valence-electron chi connectivity index (χ3n) is 7.90. The number of benzene rings is 3. The lowest BCUT2D eigenvalue weighted by atomic mass is 9.95. The van der Waals surface area contributed by atoms with Gasteiger partial charge in [-0.25, -0.2) is 0 Å². The predicted octanol–water partition coefficient (Wildman–Crippen LogP) is 5.28. The van der Waals surface area contributed by atoms with Crippen molar-refractivity contribution in [3.63, 3.8) is 0 Å². The quantitative estimate of drug-likeness (QED) is 0.571. The monoisotopic (exact) mass is 465 g/mol. The Morgan fingerprint density at radius 2 is 1.29 bits per heavy atom. The molecule has 0 aromatic heterocycles. The first-order valence-corrected chi connectivity index (χ1v) is 12.8. The van der Waals surface area contributed by atoms with E-state index < -0.39 is 0 Å². The van der Waals surface area contributed by atoms with E-state index in [0.717, 1.165) is 61.3 Å². The summed E-state index contributed by atoms with van der Waals surface area (Å²) in [5.41, 5.74) is 6.60. The Kier molecular flexibility index (Phi) is 5.77. The Labute approximate surface area is 206 Å². The lowest BCUT2D eigenvalue weighted by Crippen LogP contribution is -2.50. The van der Waals surface area contributed by atoms with Crippen LogP contribution >= 0.6 is 0 Å². The van der Waals surface area contributed by atoms with Gasteiger partial charge in [0.2, 0.25) is 11.8 Å². The van der Waals surface area contributed by atoms with E-state index in [1.54, 1.807) is 0 Å². The summed E-state index contributed by atoms with van der Waals surface area (Å²) >= 11 is 0. The summed E-state index contributed by atoms with van der Waals surface area (Å²) < 4.78 is 0. The van der Waals surface area contributed by atoms with Gasteiger partial charge in [0, 0.05) is 43.5 Å². The number of fused-ring (bicyclic) bond motifs is 3. The normalized spacial score (nSPS) is 17.8. The summed E-state index contributed by atoms with van der Waals surface area (Å²) in [6.45, 7) is 3.02. The zero-order chi connectivity index (χ0) is 23.8. The molecule has 0 unspecified atom stereocenters. The first kappa shape index (κ1) is 21.9. The molecule has 5 heteroatoms. The number of nitrogens with one attached hydrogen (secondary N) is 1. The number of nitrogens with zero attached hydrogens (tertiary/aromatic N) is 2. The van der Waals surface area contributed by atoms with Crippen molar-refractivity contribution in [2.45, 2.75) is 31.6 Å². The van der Waals surface area contributed by atoms with Crippen molar-refractivity contribution in [1.82, 2.24) is 4.90 Å². The van der Waals surface area contributed by atoms with E-state index in [4.69, 9.17) is 0 Å². The maximum absolute atomic E-state index is 13.7. The van der Waals surface area contributed by atoms with E-state index in [0.29, 0.717) is 13.1 Å². The lowest BCUT2D eigenvalue weighted by molar-refractivity contribution is -0.132. The molecular weight excluding hydrogens is 434 g/mol. The fraction of sp³-hybridized carbons (Fsp3) is 0.333. The van der Waals surface area contributed by atoms with Crippen LogP contribution in [0.2, 0.25) is 0 Å². The predicted molar refractivity (Wildman–Crippen MR) is 140 cm³/mol. The van der Waals surface area contributed by atoms with Crippen LogP contribution in [-0.4, -0.2) is 42.9 Å². The Morgan fingerprint density at radius 3 is 1.89 bits per heavy atom. The second-order valence-corrected chi connectivity index (χ2v) is 9.94. The smallest absolute Gasteiger partial charge is 0.234 e. The second-order valence-electron chi connectivity index (χ2n) is 9.94. The van der Waals surface area contributed by atoms with Crippen molar-refractivity contribution in [2.24, 2.45) is 5.92 Å². The van der Waals surface area contributed by atoms with Gasteiger partial charge in [-0.3, -0.25) is 9.59 Å². The molecule has 0 bridgehead atoms. The average molecular weight is 466 g/mol. The summed E-state index contributed by atoms with van der Waals surface area (Å²) in [6.07, 6.45) is 4.33. The fourth-order valence-corrected chi connectivity index (χ4v) is 5.98. The van der Waals surface area contributed by atoms with Gasteiger partial charge in [0.05, 0.1) is 5.92 Å². The third-order valence-corrected chi connectivity index (χ3v) is 7.90. The number of piperazine rings is 1. The van der Waals surface area contributed by atoms with Gasteiger partial charge in [-0.15, -0.1) is 0 Å². The van der Waals surface area contributed by atoms with Crippen LogP contribution in [0.15, 0.2) is 72.8 Å². The van der Waals surface area contributed by atoms with Gasteiger partial charge in [-0.05, 0) is 59.4 Å². The van der Waals surface area contributed by atoms with E-state index >= 15 is 0 Å². The molecule has 1 saturated heterocycles. The summed E-state index contributed by atoms with van der Waals surface area (Å²) in [6, 6.07) is 24.7. The molecule has 0 spiro atoms. The van der Waals surface area contributed by atoms with Crippen LogP contribution < -0.4 is 10.2 Å². The highest BCUT2D eigenvalue weighted by atomic mass is 16.2. The van der Waals surface area contributed by atoms with E-state index in [1.807, 2.05) is 41.3 Å². The standard InChI is InChI=1S/C30H31N3O2/c34-29(21-7-1-2-8-21)31-22-13-15-23(16-14-22)32-17-19-33(20-18-32)30(35)28-26-11-5-3-9-24(26)25-10-4-6-12-27(25)28/h3-6,9-16,21,28H,1-2,7-8,17-20H2,(H,31,34). The van der Waals surface area contributed by atoms with Crippen LogP contribution in [0, 0.1) is 5.92 Å². The number of hydrogen-bond acceptors (Lipinski definition) is 3. The summed E-state index contributed by atoms with van der Waals surface area (Å²) in [7, 11) is 0. The molecule has 0 atom stereocenters. The highest BCUT2D eigenvalue weighted by Gasteiger charge is 2.36. The minimum absolute atomic E-state index is 0.150. The zero-order valence-electron chi connectivity index (χ0n) is 20.0. The number of hydrogen-bond donors (Lipinski definition) is 1. The molecule has 3 aromatic rings. The van der Waals surface area contributed by atoms with E-state index in [2.05, 4.69) is 46.6 Å². The molecule has 2 aliphatic carbocycles. The molecule has 2 fully saturated rings. The highest BCUT2D eigenvalue weighted by molar-refractivity contribution is 5.96. The number of carbonyl (C=O) groups excluding carboxylic acids is 2. The van der Waals surface area contributed by atoms with Gasteiger partial charge in [0.25, 0.3) is 0 Å². The zero-order valence-corrected chi connectivity index (χ0v) is 20.0. The summed E-state index contributed by atoms with van der Waals surface area (Å²) in [5.74, 6) is 0.306. The Balaban J connectivity index is 1.10. The van der Waals surface area contributed by atoms with Crippen LogP contribution in [0.1, 0.15) is 42.7 Å². The van der Waals surface area contributed by atoms with Crippen LogP contribution in [0.4, 0.5) is 11.4 Å². The molecule has 1 saturated carbocycles. The van der Waals surface area contributed by atoms with Gasteiger partial charge >= 0.3 is 0 Å². The maximum Gasteiger partial charge on any atom is 0.234 e. The van der Waals surface area contributed by atoms with Gasteiger partial charge in [-0.2, -0.15) is 0 Å². The van der Waals surface area contributed by atoms with E-state index in [9.17, 15) is 9.59 Å². The average Bonchev–Trinajstić information content (AvgIpc) is 3.56. The highest BCUT2D eigenvalue weighted by Crippen LogP contribution is 2.45. The van der Waals surface area contributed by atoms with E-state index in [-0.39, 0.29) is 23.7 Å². The van der Waals surface area contributed by atoms with Crippen molar-refractivity contribution in [3.05, 3.63) is 83.9 Å². The molecule has 3 aliphatic rings. The minimum Gasteiger partial charge on any atom is -0.368 e. The van der Waals surface area contributed by atoms with Gasteiger partial charge < -0.3 is 15.1 Å². The minimum atomic E-state index is -0.211. The summed E-state index contributed by atoms with van der Waals surface area (Å²) in [4.78, 5) is 30.4. The van der Waals surface area contributed by atoms with Crippen LogP contribution in [0.5, 0.6) is 0 Å². The molecule has 6 rings (SSSR count). The Bertz CT molecular complexity index is 1190. The number of amides is 2. The first-order valence-electron chi connectivity index (χ1n) is 12.8. The molecule has 35 heavy (non-hydrogen) atoms. The maximum atomic E-state index is 13.7. The van der Waals surface area contributed by atoms with Crippen molar-refractivity contribution < 1.29 is 9.59 Å². The Hall–Kier alpha value is -3.60. The molecule has 1 heterocycles. The molecular formula is C30H31N3O2. The lowest BCUT2D eigenvalue weighted by Gasteiger charge is -2.37. The molecule has 2 amide bonds. The van der Waals surface area contributed by atoms with Gasteiger partial charge in [-0.1, -0.05) is 61.4 Å². The molecule has 1 N–H and O–H groups in total. The largest absolute Gasteiger partial charge is 0.368 e. The van der Waals surface area contributed by atoms with E-state index in [1.165, 1.54) is 11.1 Å². The SMILES string of the molecule is O=C(Nc1ccc(N2CCN(C(=O)C3c4ccccc4-c4ccccc43)CC2)cc1)C1CCCC1. The van der Waals surface area contributed by atoms with Crippen molar-refractivity contribution in [3.8, 4) is 11.1 Å². The Morgan fingerprint density at radius 1 is 0.714 bits per heavy atom. The molecule has 1 aliphatic heterocycles. The third kappa shape index (κ3) is 4.09. The van der Waals surface area contributed by atoms with Crippen LogP contribution in [0.3, 0.4) is 0 Å². The fourth-order valence-electron chi connectivity index (χ4n) is 5.98. The second kappa shape index (κ2) is 9.21. The number of carbonyl (C=O) groups is 2. The topological polar surface area (TPSA) is 52.7 Å². The van der Waals surface area contributed by atoms with Gasteiger partial charge in [0.1, 0.15) is 0 Å². The first-order chi connectivity index (χ1) is 17.2. The number of rotatable bonds is 4. The van der Waals surface area contributed by atoms with Crippen LogP contribution in [0.25, 0.3) is 11.1 Å². The molecule has 5 nitrogen and oxygen atoms in total. The molecule has 3 aromatic carbocycles. The van der Waals surface area contributed by atoms with Crippen LogP contribution in [-0.2, 0) is 9.59 Å². The molecule has 0 radical (unpaired) electrons.